The number of carbonyl (C=O) groups excluding carboxylic acids is 1. The Balaban J connectivity index is 1.78. The molecule has 0 unspecified atom stereocenters. The first-order valence-electron chi connectivity index (χ1n) is 7.76. The van der Waals surface area contributed by atoms with Crippen molar-refractivity contribution in [1.82, 2.24) is 10.3 Å². The van der Waals surface area contributed by atoms with E-state index in [1.165, 1.54) is 0 Å². The van der Waals surface area contributed by atoms with Gasteiger partial charge in [-0.3, -0.25) is 10.1 Å². The van der Waals surface area contributed by atoms with Gasteiger partial charge in [0, 0.05) is 5.56 Å². The second-order valence-corrected chi connectivity index (χ2v) is 5.56. The van der Waals surface area contributed by atoms with Crippen LogP contribution in [0.4, 0.5) is 0 Å². The standard InChI is InChI=1S/C19H19N3O2/c1-13(22-17(18(20)23)15-10-6-3-7-11-15)19-21-12-16(24-19)14-8-4-2-5-9-14/h2-13,17,22H,1H3,(H2,20,23)/t13-,17+/m0/s1. The molecule has 0 fully saturated rings. The predicted molar refractivity (Wildman–Crippen MR) is 91.9 cm³/mol. The number of hydrogen-bond donors (Lipinski definition) is 2. The Morgan fingerprint density at radius 1 is 1.08 bits per heavy atom. The van der Waals surface area contributed by atoms with Crippen LogP contribution in [0.5, 0.6) is 0 Å². The van der Waals surface area contributed by atoms with Crippen LogP contribution in [0.15, 0.2) is 71.3 Å². The molecule has 0 aliphatic heterocycles. The van der Waals surface area contributed by atoms with E-state index in [0.29, 0.717) is 11.7 Å². The zero-order chi connectivity index (χ0) is 16.9. The van der Waals surface area contributed by atoms with Gasteiger partial charge in [0.15, 0.2) is 5.76 Å². The Morgan fingerprint density at radius 2 is 1.71 bits per heavy atom. The number of carbonyl (C=O) groups is 1. The summed E-state index contributed by atoms with van der Waals surface area (Å²) in [7, 11) is 0. The van der Waals surface area contributed by atoms with Crippen molar-refractivity contribution in [2.45, 2.75) is 19.0 Å². The highest BCUT2D eigenvalue weighted by Gasteiger charge is 2.22. The van der Waals surface area contributed by atoms with E-state index >= 15 is 0 Å². The number of amides is 1. The third kappa shape index (κ3) is 3.52. The summed E-state index contributed by atoms with van der Waals surface area (Å²) in [4.78, 5) is 16.1. The van der Waals surface area contributed by atoms with Crippen LogP contribution in [-0.4, -0.2) is 10.9 Å². The van der Waals surface area contributed by atoms with Gasteiger partial charge in [0.25, 0.3) is 0 Å². The highest BCUT2D eigenvalue weighted by atomic mass is 16.4. The molecule has 0 radical (unpaired) electrons. The van der Waals surface area contributed by atoms with Crippen molar-refractivity contribution in [1.29, 1.82) is 0 Å². The maximum atomic E-state index is 11.8. The number of aromatic nitrogens is 1. The fourth-order valence-corrected chi connectivity index (χ4v) is 2.53. The minimum Gasteiger partial charge on any atom is -0.439 e. The first kappa shape index (κ1) is 16.0. The summed E-state index contributed by atoms with van der Waals surface area (Å²) in [5, 5.41) is 3.18. The molecule has 0 spiro atoms. The molecule has 3 N–H and O–H groups in total. The van der Waals surface area contributed by atoms with Crippen LogP contribution in [-0.2, 0) is 4.79 Å². The second-order valence-electron chi connectivity index (χ2n) is 5.56. The van der Waals surface area contributed by atoms with Crippen LogP contribution in [0.25, 0.3) is 11.3 Å². The molecule has 1 heterocycles. The van der Waals surface area contributed by atoms with Gasteiger partial charge in [-0.1, -0.05) is 60.7 Å². The highest BCUT2D eigenvalue weighted by molar-refractivity contribution is 5.81. The lowest BCUT2D eigenvalue weighted by atomic mass is 10.1. The fourth-order valence-electron chi connectivity index (χ4n) is 2.53. The zero-order valence-electron chi connectivity index (χ0n) is 13.3. The zero-order valence-corrected chi connectivity index (χ0v) is 13.3. The van der Waals surface area contributed by atoms with E-state index in [1.54, 1.807) is 6.20 Å². The van der Waals surface area contributed by atoms with Crippen molar-refractivity contribution >= 4 is 5.91 Å². The van der Waals surface area contributed by atoms with Gasteiger partial charge in [-0.05, 0) is 12.5 Å². The lowest BCUT2D eigenvalue weighted by Crippen LogP contribution is -2.35. The quantitative estimate of drug-likeness (QED) is 0.730. The first-order chi connectivity index (χ1) is 11.6. The molecule has 0 aliphatic carbocycles. The van der Waals surface area contributed by atoms with Crippen molar-refractivity contribution in [3.05, 3.63) is 78.3 Å². The fraction of sp³-hybridized carbons (Fsp3) is 0.158. The van der Waals surface area contributed by atoms with Crippen LogP contribution in [0, 0.1) is 0 Å². The smallest absolute Gasteiger partial charge is 0.239 e. The Labute approximate surface area is 140 Å². The number of oxazole rings is 1. The molecule has 5 nitrogen and oxygen atoms in total. The Kier molecular flexibility index (Phi) is 4.72. The number of hydrogen-bond acceptors (Lipinski definition) is 4. The first-order valence-corrected chi connectivity index (χ1v) is 7.76. The van der Waals surface area contributed by atoms with Gasteiger partial charge in [0.1, 0.15) is 6.04 Å². The monoisotopic (exact) mass is 321 g/mol. The predicted octanol–water partition coefficient (Wildman–Crippen LogP) is 3.22. The molecular formula is C19H19N3O2. The van der Waals surface area contributed by atoms with Gasteiger partial charge in [-0.15, -0.1) is 0 Å². The average Bonchev–Trinajstić information content (AvgIpc) is 3.11. The number of primary amides is 1. The van der Waals surface area contributed by atoms with E-state index in [9.17, 15) is 4.79 Å². The molecular weight excluding hydrogens is 302 g/mol. The summed E-state index contributed by atoms with van der Waals surface area (Å²) >= 11 is 0. The molecule has 3 aromatic rings. The molecule has 0 aliphatic rings. The van der Waals surface area contributed by atoms with Gasteiger partial charge >= 0.3 is 0 Å². The molecule has 1 amide bonds. The Bertz CT molecular complexity index is 800. The SMILES string of the molecule is C[C@H](N[C@@H](C(N)=O)c1ccccc1)c1ncc(-c2ccccc2)o1. The van der Waals surface area contributed by atoms with Gasteiger partial charge in [0.2, 0.25) is 11.8 Å². The number of rotatable bonds is 6. The summed E-state index contributed by atoms with van der Waals surface area (Å²) in [6.07, 6.45) is 1.69. The molecule has 3 rings (SSSR count). The van der Waals surface area contributed by atoms with E-state index < -0.39 is 11.9 Å². The average molecular weight is 321 g/mol. The maximum absolute atomic E-state index is 11.8. The van der Waals surface area contributed by atoms with Crippen LogP contribution < -0.4 is 11.1 Å². The molecule has 0 saturated heterocycles. The van der Waals surface area contributed by atoms with E-state index in [4.69, 9.17) is 10.2 Å². The molecule has 5 heteroatoms. The topological polar surface area (TPSA) is 81.1 Å². The van der Waals surface area contributed by atoms with Crippen molar-refractivity contribution in [2.75, 3.05) is 0 Å². The summed E-state index contributed by atoms with van der Waals surface area (Å²) in [6, 6.07) is 18.2. The minimum atomic E-state index is -0.603. The largest absolute Gasteiger partial charge is 0.439 e. The normalized spacial score (nSPS) is 13.4. The minimum absolute atomic E-state index is 0.264. The molecule has 2 aromatic carbocycles. The molecule has 0 saturated carbocycles. The number of nitrogens with zero attached hydrogens (tertiary/aromatic N) is 1. The summed E-state index contributed by atoms with van der Waals surface area (Å²) in [5.41, 5.74) is 7.31. The summed E-state index contributed by atoms with van der Waals surface area (Å²) in [5.74, 6) is 0.758. The molecule has 122 valence electrons. The van der Waals surface area contributed by atoms with Crippen molar-refractivity contribution in [3.8, 4) is 11.3 Å². The molecule has 2 atom stereocenters. The van der Waals surface area contributed by atoms with Crippen LogP contribution in [0.3, 0.4) is 0 Å². The van der Waals surface area contributed by atoms with E-state index in [0.717, 1.165) is 11.1 Å². The van der Waals surface area contributed by atoms with E-state index in [2.05, 4.69) is 10.3 Å². The molecule has 1 aromatic heterocycles. The molecule has 24 heavy (non-hydrogen) atoms. The maximum Gasteiger partial charge on any atom is 0.239 e. The van der Waals surface area contributed by atoms with Crippen LogP contribution in [0.2, 0.25) is 0 Å². The molecule has 0 bridgehead atoms. The third-order valence-electron chi connectivity index (χ3n) is 3.79. The van der Waals surface area contributed by atoms with Gasteiger partial charge < -0.3 is 10.2 Å². The lowest BCUT2D eigenvalue weighted by molar-refractivity contribution is -0.120. The number of nitrogens with two attached hydrogens (primary N) is 1. The Morgan fingerprint density at radius 3 is 2.33 bits per heavy atom. The summed E-state index contributed by atoms with van der Waals surface area (Å²) in [6.45, 7) is 1.89. The van der Waals surface area contributed by atoms with Crippen molar-refractivity contribution < 1.29 is 9.21 Å². The van der Waals surface area contributed by atoms with Crippen molar-refractivity contribution in [3.63, 3.8) is 0 Å². The Hall–Kier alpha value is -2.92. The van der Waals surface area contributed by atoms with Crippen LogP contribution >= 0.6 is 0 Å². The number of nitrogens with one attached hydrogen (secondary N) is 1. The van der Waals surface area contributed by atoms with Crippen molar-refractivity contribution in [2.24, 2.45) is 5.73 Å². The van der Waals surface area contributed by atoms with Gasteiger partial charge in [-0.2, -0.15) is 0 Å². The van der Waals surface area contributed by atoms with E-state index in [-0.39, 0.29) is 6.04 Å². The second kappa shape index (κ2) is 7.10. The number of benzene rings is 2. The summed E-state index contributed by atoms with van der Waals surface area (Å²) < 4.78 is 5.82. The van der Waals surface area contributed by atoms with E-state index in [1.807, 2.05) is 67.6 Å². The highest BCUT2D eigenvalue weighted by Crippen LogP contribution is 2.24. The third-order valence-corrected chi connectivity index (χ3v) is 3.79. The van der Waals surface area contributed by atoms with Gasteiger partial charge in [0.05, 0.1) is 12.2 Å². The van der Waals surface area contributed by atoms with Gasteiger partial charge in [-0.25, -0.2) is 4.98 Å². The van der Waals surface area contributed by atoms with Crippen LogP contribution in [0.1, 0.15) is 30.5 Å². The lowest BCUT2D eigenvalue weighted by Gasteiger charge is -2.19.